The van der Waals surface area contributed by atoms with Gasteiger partial charge in [-0.25, -0.2) is 0 Å². The van der Waals surface area contributed by atoms with Gasteiger partial charge in [-0.2, -0.15) is 0 Å². The minimum Gasteiger partial charge on any atom is -0.497 e. The first-order chi connectivity index (χ1) is 17.0. The second kappa shape index (κ2) is 10.9. The van der Waals surface area contributed by atoms with Crippen LogP contribution in [0.15, 0.2) is 78.9 Å². The van der Waals surface area contributed by atoms with Crippen molar-refractivity contribution in [3.63, 3.8) is 0 Å². The quantitative estimate of drug-likeness (QED) is 0.318. The number of hydrogen-bond acceptors (Lipinski definition) is 5. The van der Waals surface area contributed by atoms with Gasteiger partial charge in [0.15, 0.2) is 4.77 Å². The molecule has 1 heterocycles. The predicted molar refractivity (Wildman–Crippen MR) is 138 cm³/mol. The summed E-state index contributed by atoms with van der Waals surface area (Å²) in [5.41, 5.74) is 2.92. The van der Waals surface area contributed by atoms with E-state index in [1.165, 1.54) is 0 Å². The number of ether oxygens (including phenoxy) is 2. The van der Waals surface area contributed by atoms with Gasteiger partial charge in [-0.05, 0) is 72.7 Å². The van der Waals surface area contributed by atoms with Gasteiger partial charge >= 0.3 is 0 Å². The molecule has 0 radical (unpaired) electrons. The van der Waals surface area contributed by atoms with Gasteiger partial charge in [-0.1, -0.05) is 30.3 Å². The van der Waals surface area contributed by atoms with Crippen molar-refractivity contribution in [1.29, 1.82) is 0 Å². The van der Waals surface area contributed by atoms with Crippen LogP contribution in [0, 0.1) is 4.77 Å². The van der Waals surface area contributed by atoms with Crippen molar-refractivity contribution in [2.45, 2.75) is 19.4 Å². The zero-order valence-corrected chi connectivity index (χ0v) is 20.4. The summed E-state index contributed by atoms with van der Waals surface area (Å²) in [6.07, 6.45) is 0.633. The number of aryl methyl sites for hydroxylation is 1. The number of nitrogens with zero attached hydrogens (tertiary/aromatic N) is 2. The Hall–Kier alpha value is -4.04. The molecule has 0 atom stereocenters. The van der Waals surface area contributed by atoms with Crippen LogP contribution in [0.4, 0.5) is 5.69 Å². The molecule has 2 N–H and O–H groups in total. The van der Waals surface area contributed by atoms with Crippen LogP contribution in [0.5, 0.6) is 17.4 Å². The number of nitrogens with one attached hydrogen (secondary N) is 1. The summed E-state index contributed by atoms with van der Waals surface area (Å²) in [5, 5.41) is 14.0. The fourth-order valence-electron chi connectivity index (χ4n) is 3.86. The Balaban J connectivity index is 1.62. The van der Waals surface area contributed by atoms with Crippen molar-refractivity contribution >= 4 is 23.8 Å². The van der Waals surface area contributed by atoms with Crippen LogP contribution in [-0.4, -0.2) is 34.4 Å². The molecular formula is C27H27N3O4S. The molecule has 180 valence electrons. The summed E-state index contributed by atoms with van der Waals surface area (Å²) in [5.74, 6) is 1.19. The molecule has 0 saturated carbocycles. The number of methoxy groups -OCH3 is 2. The predicted octanol–water partition coefficient (Wildman–Crippen LogP) is 5.15. The molecule has 0 unspecified atom stereocenters. The first-order valence-electron chi connectivity index (χ1n) is 11.2. The summed E-state index contributed by atoms with van der Waals surface area (Å²) in [7, 11) is 3.22. The Labute approximate surface area is 209 Å². The second-order valence-corrected chi connectivity index (χ2v) is 8.29. The average molecular weight is 490 g/mol. The van der Waals surface area contributed by atoms with Gasteiger partial charge in [0, 0.05) is 12.2 Å². The van der Waals surface area contributed by atoms with Crippen molar-refractivity contribution in [3.05, 3.63) is 94.9 Å². The van der Waals surface area contributed by atoms with Crippen LogP contribution in [0.2, 0.25) is 0 Å². The minimum absolute atomic E-state index is 0.0377. The molecule has 7 nitrogen and oxygen atoms in total. The minimum atomic E-state index is -0.260. The third-order valence-corrected chi connectivity index (χ3v) is 6.12. The Morgan fingerprint density at radius 2 is 1.51 bits per heavy atom. The van der Waals surface area contributed by atoms with Gasteiger partial charge < -0.3 is 24.5 Å². The highest BCUT2D eigenvalue weighted by Crippen LogP contribution is 2.27. The standard InChI is InChI=1S/C27H27N3O4S/c1-33-22-12-8-19(9-13-22)16-17-29-24(18-25(31)28-20-10-14-23(34-2)15-11-20)26(32)30(27(29)35)21-6-4-3-5-7-21/h3-15,32H,16-18H2,1-2H3,(H,28,31). The van der Waals surface area contributed by atoms with E-state index in [1.54, 1.807) is 43.1 Å². The third kappa shape index (κ3) is 5.55. The molecule has 0 aliphatic rings. The van der Waals surface area contributed by atoms with Gasteiger partial charge in [0.1, 0.15) is 11.5 Å². The number of amides is 1. The fourth-order valence-corrected chi connectivity index (χ4v) is 4.25. The molecule has 1 amide bonds. The molecule has 8 heteroatoms. The number of rotatable bonds is 9. The maximum Gasteiger partial charge on any atom is 0.230 e. The molecule has 1 aromatic heterocycles. The molecule has 0 spiro atoms. The first-order valence-corrected chi connectivity index (χ1v) is 11.6. The van der Waals surface area contributed by atoms with Gasteiger partial charge in [0.05, 0.1) is 32.0 Å². The van der Waals surface area contributed by atoms with Crippen LogP contribution in [-0.2, 0) is 24.2 Å². The molecular weight excluding hydrogens is 462 g/mol. The third-order valence-electron chi connectivity index (χ3n) is 5.72. The smallest absolute Gasteiger partial charge is 0.230 e. The molecule has 0 aliphatic heterocycles. The molecule has 0 bridgehead atoms. The number of benzene rings is 3. The van der Waals surface area contributed by atoms with E-state index in [9.17, 15) is 9.90 Å². The molecule has 35 heavy (non-hydrogen) atoms. The number of hydrogen-bond donors (Lipinski definition) is 2. The maximum absolute atomic E-state index is 12.9. The van der Waals surface area contributed by atoms with E-state index in [4.69, 9.17) is 21.7 Å². The number of carbonyl (C=O) groups excluding carboxylic acids is 1. The Kier molecular flexibility index (Phi) is 7.52. The summed E-state index contributed by atoms with van der Waals surface area (Å²) < 4.78 is 14.3. The lowest BCUT2D eigenvalue weighted by Crippen LogP contribution is -2.17. The molecule has 0 aliphatic carbocycles. The van der Waals surface area contributed by atoms with Crippen molar-refractivity contribution in [2.75, 3.05) is 19.5 Å². The van der Waals surface area contributed by atoms with Crippen LogP contribution >= 0.6 is 12.2 Å². The van der Waals surface area contributed by atoms with E-state index in [0.717, 1.165) is 17.0 Å². The fraction of sp³-hybridized carbons (Fsp3) is 0.185. The van der Waals surface area contributed by atoms with Gasteiger partial charge in [-0.15, -0.1) is 0 Å². The van der Waals surface area contributed by atoms with E-state index in [0.29, 0.717) is 34.9 Å². The Bertz CT molecular complexity index is 1340. The monoisotopic (exact) mass is 489 g/mol. The van der Waals surface area contributed by atoms with Gasteiger partial charge in [0.25, 0.3) is 0 Å². The van der Waals surface area contributed by atoms with Gasteiger partial charge in [0.2, 0.25) is 11.8 Å². The highest BCUT2D eigenvalue weighted by Gasteiger charge is 2.21. The lowest BCUT2D eigenvalue weighted by Gasteiger charge is -2.10. The summed E-state index contributed by atoms with van der Waals surface area (Å²) in [6, 6.07) is 24.3. The average Bonchev–Trinajstić information content (AvgIpc) is 3.12. The number of para-hydroxylation sites is 1. The van der Waals surface area contributed by atoms with Gasteiger partial charge in [-0.3, -0.25) is 9.36 Å². The zero-order chi connectivity index (χ0) is 24.8. The van der Waals surface area contributed by atoms with E-state index in [2.05, 4.69) is 5.32 Å². The Morgan fingerprint density at radius 3 is 2.11 bits per heavy atom. The van der Waals surface area contributed by atoms with Crippen LogP contribution in [0.3, 0.4) is 0 Å². The van der Waals surface area contributed by atoms with E-state index >= 15 is 0 Å². The summed E-state index contributed by atoms with van der Waals surface area (Å²) in [6.45, 7) is 0.504. The van der Waals surface area contributed by atoms with E-state index < -0.39 is 0 Å². The second-order valence-electron chi connectivity index (χ2n) is 7.93. The lowest BCUT2D eigenvalue weighted by molar-refractivity contribution is -0.115. The molecule has 4 aromatic rings. The molecule has 4 rings (SSSR count). The molecule has 0 saturated heterocycles. The van der Waals surface area contributed by atoms with Crippen LogP contribution in [0.25, 0.3) is 5.69 Å². The summed E-state index contributed by atoms with van der Waals surface area (Å²) >= 11 is 5.75. The van der Waals surface area contributed by atoms with E-state index in [-0.39, 0.29) is 18.2 Å². The molecule has 0 fully saturated rings. The number of anilines is 1. The maximum atomic E-state index is 12.9. The SMILES string of the molecule is COc1ccc(CCn2c(CC(=O)Nc3ccc(OC)cc3)c(O)n(-c3ccccc3)c2=S)cc1. The van der Waals surface area contributed by atoms with E-state index in [1.807, 2.05) is 59.2 Å². The van der Waals surface area contributed by atoms with Crippen molar-refractivity contribution in [3.8, 4) is 23.1 Å². The first kappa shape index (κ1) is 24.1. The normalized spacial score (nSPS) is 10.7. The number of imidazole rings is 1. The van der Waals surface area contributed by atoms with Crippen molar-refractivity contribution in [2.24, 2.45) is 0 Å². The van der Waals surface area contributed by atoms with Crippen molar-refractivity contribution in [1.82, 2.24) is 9.13 Å². The topological polar surface area (TPSA) is 77.7 Å². The largest absolute Gasteiger partial charge is 0.497 e. The summed E-state index contributed by atoms with van der Waals surface area (Å²) in [4.78, 5) is 12.9. The van der Waals surface area contributed by atoms with Crippen LogP contribution < -0.4 is 14.8 Å². The van der Waals surface area contributed by atoms with Crippen molar-refractivity contribution < 1.29 is 19.4 Å². The number of aromatic nitrogens is 2. The Morgan fingerprint density at radius 1 is 0.914 bits per heavy atom. The molecule has 3 aromatic carbocycles. The van der Waals surface area contributed by atoms with Crippen LogP contribution in [0.1, 0.15) is 11.3 Å². The number of carbonyl (C=O) groups is 1. The lowest BCUT2D eigenvalue weighted by atomic mass is 10.1. The highest BCUT2D eigenvalue weighted by atomic mass is 32.1. The number of aromatic hydroxyl groups is 1. The zero-order valence-electron chi connectivity index (χ0n) is 19.6. The highest BCUT2D eigenvalue weighted by molar-refractivity contribution is 7.71.